The summed E-state index contributed by atoms with van der Waals surface area (Å²) in [5, 5.41) is 10.3. The van der Waals surface area contributed by atoms with Crippen LogP contribution in [0.4, 0.5) is 0 Å². The van der Waals surface area contributed by atoms with Gasteiger partial charge in [0.2, 0.25) is 0 Å². The first-order valence-corrected chi connectivity index (χ1v) is 8.16. The van der Waals surface area contributed by atoms with Crippen LogP contribution in [0.5, 0.6) is 0 Å². The summed E-state index contributed by atoms with van der Waals surface area (Å²) in [5.74, 6) is 0. The van der Waals surface area contributed by atoms with Crippen molar-refractivity contribution >= 4 is 27.3 Å². The van der Waals surface area contributed by atoms with E-state index in [4.69, 9.17) is 5.73 Å². The summed E-state index contributed by atoms with van der Waals surface area (Å²) in [6.45, 7) is 2.06. The molecule has 0 saturated heterocycles. The molecule has 1 aromatic heterocycles. The number of hydrogen-bond acceptors (Lipinski definition) is 4. The van der Waals surface area contributed by atoms with Crippen molar-refractivity contribution in [1.29, 1.82) is 0 Å². The Labute approximate surface area is 136 Å². The smallest absolute Gasteiger partial charge is 0.147 e. The SMILES string of the molecule is Cc1cc(Br)cc(-c2nnc(C(N)c3ccccc3)s2)c1. The molecule has 0 bridgehead atoms. The molecule has 1 unspecified atom stereocenters. The van der Waals surface area contributed by atoms with E-state index in [2.05, 4.69) is 45.2 Å². The third-order valence-corrected chi connectivity index (χ3v) is 4.67. The van der Waals surface area contributed by atoms with E-state index in [0.29, 0.717) is 0 Å². The first-order valence-electron chi connectivity index (χ1n) is 6.55. The second-order valence-corrected chi connectivity index (χ2v) is 6.78. The molecule has 3 aromatic rings. The number of rotatable bonds is 3. The molecule has 0 aliphatic carbocycles. The van der Waals surface area contributed by atoms with Gasteiger partial charge in [-0.15, -0.1) is 10.2 Å². The van der Waals surface area contributed by atoms with Gasteiger partial charge in [-0.25, -0.2) is 0 Å². The van der Waals surface area contributed by atoms with Crippen molar-refractivity contribution in [3.05, 3.63) is 69.1 Å². The third-order valence-electron chi connectivity index (χ3n) is 3.15. The predicted octanol–water partition coefficient (Wildman–Crippen LogP) is 4.32. The largest absolute Gasteiger partial charge is 0.318 e. The number of benzene rings is 2. The van der Waals surface area contributed by atoms with Gasteiger partial charge in [-0.3, -0.25) is 0 Å². The van der Waals surface area contributed by atoms with Gasteiger partial charge < -0.3 is 5.73 Å². The van der Waals surface area contributed by atoms with E-state index >= 15 is 0 Å². The van der Waals surface area contributed by atoms with Crippen LogP contribution in [-0.4, -0.2) is 10.2 Å². The topological polar surface area (TPSA) is 51.8 Å². The van der Waals surface area contributed by atoms with Crippen LogP contribution < -0.4 is 5.73 Å². The standard InChI is InChI=1S/C16H14BrN3S/c1-10-7-12(9-13(17)8-10)15-19-20-16(21-15)14(18)11-5-3-2-4-6-11/h2-9,14H,18H2,1H3. The van der Waals surface area contributed by atoms with E-state index in [1.54, 1.807) is 0 Å². The quantitative estimate of drug-likeness (QED) is 0.757. The summed E-state index contributed by atoms with van der Waals surface area (Å²) < 4.78 is 1.04. The van der Waals surface area contributed by atoms with Gasteiger partial charge in [0.1, 0.15) is 10.0 Å². The zero-order valence-corrected chi connectivity index (χ0v) is 13.9. The normalized spacial score (nSPS) is 12.3. The fraction of sp³-hybridized carbons (Fsp3) is 0.125. The highest BCUT2D eigenvalue weighted by Crippen LogP contribution is 2.30. The van der Waals surface area contributed by atoms with E-state index in [1.807, 2.05) is 36.4 Å². The first kappa shape index (κ1) is 14.4. The van der Waals surface area contributed by atoms with Crippen molar-refractivity contribution in [1.82, 2.24) is 10.2 Å². The van der Waals surface area contributed by atoms with Crippen molar-refractivity contribution in [2.45, 2.75) is 13.0 Å². The number of nitrogens with zero attached hydrogens (tertiary/aromatic N) is 2. The van der Waals surface area contributed by atoms with Crippen molar-refractivity contribution < 1.29 is 0 Å². The fourth-order valence-corrected chi connectivity index (χ4v) is 3.61. The minimum Gasteiger partial charge on any atom is -0.318 e. The van der Waals surface area contributed by atoms with E-state index in [1.165, 1.54) is 16.9 Å². The van der Waals surface area contributed by atoms with Crippen LogP contribution in [0.25, 0.3) is 10.6 Å². The zero-order chi connectivity index (χ0) is 14.8. The molecule has 1 heterocycles. The Morgan fingerprint density at radius 2 is 1.86 bits per heavy atom. The second kappa shape index (κ2) is 6.05. The molecular weight excluding hydrogens is 346 g/mol. The van der Waals surface area contributed by atoms with Crippen molar-refractivity contribution in [3.63, 3.8) is 0 Å². The van der Waals surface area contributed by atoms with Crippen LogP contribution >= 0.6 is 27.3 Å². The molecule has 106 valence electrons. The fourth-order valence-electron chi connectivity index (χ4n) is 2.14. The van der Waals surface area contributed by atoms with Crippen LogP contribution in [-0.2, 0) is 0 Å². The molecule has 0 saturated carbocycles. The van der Waals surface area contributed by atoms with Crippen LogP contribution in [0, 0.1) is 6.92 Å². The third kappa shape index (κ3) is 3.20. The lowest BCUT2D eigenvalue weighted by Gasteiger charge is -2.07. The molecular formula is C16H14BrN3S. The van der Waals surface area contributed by atoms with Crippen LogP contribution in [0.15, 0.2) is 53.0 Å². The lowest BCUT2D eigenvalue weighted by molar-refractivity contribution is 0.831. The molecule has 0 amide bonds. The summed E-state index contributed by atoms with van der Waals surface area (Å²) in [6, 6.07) is 15.9. The van der Waals surface area contributed by atoms with Gasteiger partial charge in [0.25, 0.3) is 0 Å². The predicted molar refractivity (Wildman–Crippen MR) is 90.3 cm³/mol. The Hall–Kier alpha value is -1.56. The lowest BCUT2D eigenvalue weighted by Crippen LogP contribution is -2.11. The molecule has 5 heteroatoms. The molecule has 0 radical (unpaired) electrons. The monoisotopic (exact) mass is 359 g/mol. The molecule has 3 rings (SSSR count). The van der Waals surface area contributed by atoms with Gasteiger partial charge >= 0.3 is 0 Å². The Morgan fingerprint density at radius 1 is 1.10 bits per heavy atom. The highest BCUT2D eigenvalue weighted by Gasteiger charge is 2.15. The molecule has 0 spiro atoms. The van der Waals surface area contributed by atoms with Gasteiger partial charge in [0.15, 0.2) is 0 Å². The van der Waals surface area contributed by atoms with Crippen molar-refractivity contribution in [2.24, 2.45) is 5.73 Å². The molecule has 1 atom stereocenters. The van der Waals surface area contributed by atoms with E-state index in [-0.39, 0.29) is 6.04 Å². The molecule has 0 aliphatic rings. The van der Waals surface area contributed by atoms with Gasteiger partial charge in [0.05, 0.1) is 6.04 Å². The molecule has 21 heavy (non-hydrogen) atoms. The van der Waals surface area contributed by atoms with Gasteiger partial charge in [-0.2, -0.15) is 0 Å². The number of aromatic nitrogens is 2. The average molecular weight is 360 g/mol. The first-order chi connectivity index (χ1) is 10.1. The molecule has 2 aromatic carbocycles. The highest BCUT2D eigenvalue weighted by molar-refractivity contribution is 9.10. The van der Waals surface area contributed by atoms with Crippen molar-refractivity contribution in [3.8, 4) is 10.6 Å². The van der Waals surface area contributed by atoms with E-state index < -0.39 is 0 Å². The minimum absolute atomic E-state index is 0.231. The zero-order valence-electron chi connectivity index (χ0n) is 11.5. The van der Waals surface area contributed by atoms with Crippen LogP contribution in [0.2, 0.25) is 0 Å². The Bertz CT molecular complexity index is 735. The summed E-state index contributed by atoms with van der Waals surface area (Å²) in [4.78, 5) is 0. The maximum absolute atomic E-state index is 6.27. The van der Waals surface area contributed by atoms with Gasteiger partial charge in [0, 0.05) is 10.0 Å². The molecule has 3 nitrogen and oxygen atoms in total. The summed E-state index contributed by atoms with van der Waals surface area (Å²) >= 11 is 5.05. The lowest BCUT2D eigenvalue weighted by atomic mass is 10.1. The summed E-state index contributed by atoms with van der Waals surface area (Å²) in [5.41, 5.74) is 9.56. The van der Waals surface area contributed by atoms with Gasteiger partial charge in [-0.1, -0.05) is 57.6 Å². The maximum Gasteiger partial charge on any atom is 0.147 e. The Balaban J connectivity index is 1.93. The second-order valence-electron chi connectivity index (χ2n) is 4.85. The average Bonchev–Trinajstić information content (AvgIpc) is 2.96. The van der Waals surface area contributed by atoms with Gasteiger partial charge in [-0.05, 0) is 36.2 Å². The summed E-state index contributed by atoms with van der Waals surface area (Å²) in [6.07, 6.45) is 0. The van der Waals surface area contributed by atoms with E-state index in [9.17, 15) is 0 Å². The molecule has 0 aliphatic heterocycles. The van der Waals surface area contributed by atoms with Crippen molar-refractivity contribution in [2.75, 3.05) is 0 Å². The molecule has 0 fully saturated rings. The maximum atomic E-state index is 6.27. The number of hydrogen-bond donors (Lipinski definition) is 1. The number of aryl methyl sites for hydroxylation is 1. The van der Waals surface area contributed by atoms with E-state index in [0.717, 1.165) is 25.6 Å². The summed E-state index contributed by atoms with van der Waals surface area (Å²) in [7, 11) is 0. The van der Waals surface area contributed by atoms with Crippen LogP contribution in [0.1, 0.15) is 22.2 Å². The number of nitrogens with two attached hydrogens (primary N) is 1. The minimum atomic E-state index is -0.231. The number of halogens is 1. The molecule has 2 N–H and O–H groups in total. The van der Waals surface area contributed by atoms with Crippen LogP contribution in [0.3, 0.4) is 0 Å². The Morgan fingerprint density at radius 3 is 2.57 bits per heavy atom. The Kier molecular flexibility index (Phi) is 4.14. The highest BCUT2D eigenvalue weighted by atomic mass is 79.9.